The van der Waals surface area contributed by atoms with Crippen LogP contribution >= 0.6 is 22.9 Å². The Morgan fingerprint density at radius 2 is 2.12 bits per heavy atom. The fourth-order valence-electron chi connectivity index (χ4n) is 1.39. The molecule has 86 valence electrons. The fraction of sp³-hybridized carbons (Fsp3) is 0.167. The quantitative estimate of drug-likeness (QED) is 0.919. The van der Waals surface area contributed by atoms with E-state index in [4.69, 9.17) is 16.9 Å². The largest absolute Gasteiger partial charge is 0.380 e. The summed E-state index contributed by atoms with van der Waals surface area (Å²) >= 11 is 7.21. The molecule has 0 radical (unpaired) electrons. The first-order chi connectivity index (χ1) is 8.28. The molecule has 17 heavy (non-hydrogen) atoms. The van der Waals surface area contributed by atoms with Crippen LogP contribution in [0.15, 0.2) is 30.5 Å². The third kappa shape index (κ3) is 3.45. The third-order valence-electron chi connectivity index (χ3n) is 2.23. The van der Waals surface area contributed by atoms with E-state index in [0.717, 1.165) is 16.1 Å². The topological polar surface area (TPSA) is 48.7 Å². The van der Waals surface area contributed by atoms with Crippen molar-refractivity contribution in [2.45, 2.75) is 13.0 Å². The van der Waals surface area contributed by atoms with Gasteiger partial charge in [-0.15, -0.1) is 11.3 Å². The van der Waals surface area contributed by atoms with Crippen LogP contribution in [0.2, 0.25) is 4.47 Å². The molecule has 0 spiro atoms. The van der Waals surface area contributed by atoms with Crippen LogP contribution in [-0.2, 0) is 13.0 Å². The highest BCUT2D eigenvalue weighted by atomic mass is 35.5. The predicted molar refractivity (Wildman–Crippen MR) is 70.2 cm³/mol. The average molecular weight is 264 g/mol. The number of hydrogen-bond acceptors (Lipinski definition) is 4. The highest BCUT2D eigenvalue weighted by Crippen LogP contribution is 2.19. The SMILES string of the molecule is N#CCc1ccc(NCc2cnc(Cl)s2)cc1. The van der Waals surface area contributed by atoms with Gasteiger partial charge in [0.25, 0.3) is 0 Å². The van der Waals surface area contributed by atoms with Crippen LogP contribution < -0.4 is 5.32 Å². The Balaban J connectivity index is 1.93. The van der Waals surface area contributed by atoms with Gasteiger partial charge in [0.15, 0.2) is 4.47 Å². The number of nitriles is 1. The van der Waals surface area contributed by atoms with E-state index < -0.39 is 0 Å². The lowest BCUT2D eigenvalue weighted by Gasteiger charge is -2.04. The number of halogens is 1. The maximum absolute atomic E-state index is 8.56. The molecule has 1 N–H and O–H groups in total. The summed E-state index contributed by atoms with van der Waals surface area (Å²) in [5.74, 6) is 0. The van der Waals surface area contributed by atoms with Crippen LogP contribution in [0.1, 0.15) is 10.4 Å². The molecule has 0 aliphatic rings. The summed E-state index contributed by atoms with van der Waals surface area (Å²) in [4.78, 5) is 5.07. The minimum absolute atomic E-state index is 0.449. The van der Waals surface area contributed by atoms with Crippen LogP contribution in [0, 0.1) is 11.3 Å². The molecule has 0 amide bonds. The summed E-state index contributed by atoms with van der Waals surface area (Å²) in [6.45, 7) is 0.710. The van der Waals surface area contributed by atoms with Crippen LogP contribution in [0.4, 0.5) is 5.69 Å². The Kier molecular flexibility index (Phi) is 3.97. The lowest BCUT2D eigenvalue weighted by Crippen LogP contribution is -1.97. The first kappa shape index (κ1) is 11.9. The zero-order valence-corrected chi connectivity index (χ0v) is 10.6. The van der Waals surface area contributed by atoms with Gasteiger partial charge in [0.05, 0.1) is 19.0 Å². The lowest BCUT2D eigenvalue weighted by molar-refractivity contribution is 1.17. The van der Waals surface area contributed by atoms with Crippen molar-refractivity contribution in [3.05, 3.63) is 45.4 Å². The average Bonchev–Trinajstić information content (AvgIpc) is 2.75. The van der Waals surface area contributed by atoms with Crippen LogP contribution in [0.3, 0.4) is 0 Å². The van der Waals surface area contributed by atoms with Crippen molar-refractivity contribution in [2.75, 3.05) is 5.32 Å². The van der Waals surface area contributed by atoms with Crippen LogP contribution in [0.5, 0.6) is 0 Å². The van der Waals surface area contributed by atoms with Gasteiger partial charge in [0, 0.05) is 16.8 Å². The van der Waals surface area contributed by atoms with Gasteiger partial charge in [-0.2, -0.15) is 5.26 Å². The number of nitrogens with zero attached hydrogens (tertiary/aromatic N) is 2. The van der Waals surface area contributed by atoms with E-state index in [9.17, 15) is 0 Å². The molecule has 0 saturated heterocycles. The van der Waals surface area contributed by atoms with E-state index in [1.54, 1.807) is 6.20 Å². The van der Waals surface area contributed by atoms with Gasteiger partial charge in [-0.25, -0.2) is 4.98 Å². The molecular weight excluding hydrogens is 254 g/mol. The van der Waals surface area contributed by atoms with E-state index in [2.05, 4.69) is 16.4 Å². The molecule has 0 atom stereocenters. The van der Waals surface area contributed by atoms with Crippen molar-refractivity contribution < 1.29 is 0 Å². The highest BCUT2D eigenvalue weighted by molar-refractivity contribution is 7.15. The van der Waals surface area contributed by atoms with E-state index in [-0.39, 0.29) is 0 Å². The summed E-state index contributed by atoms with van der Waals surface area (Å²) in [6.07, 6.45) is 2.22. The molecule has 0 bridgehead atoms. The summed E-state index contributed by atoms with van der Waals surface area (Å²) in [5, 5.41) is 11.8. The number of anilines is 1. The Hall–Kier alpha value is -1.57. The van der Waals surface area contributed by atoms with E-state index >= 15 is 0 Å². The summed E-state index contributed by atoms with van der Waals surface area (Å²) in [6, 6.07) is 9.96. The van der Waals surface area contributed by atoms with Crippen LogP contribution in [-0.4, -0.2) is 4.98 Å². The van der Waals surface area contributed by atoms with Crippen molar-refractivity contribution >= 4 is 28.6 Å². The first-order valence-electron chi connectivity index (χ1n) is 5.08. The highest BCUT2D eigenvalue weighted by Gasteiger charge is 1.99. The number of hydrogen-bond donors (Lipinski definition) is 1. The van der Waals surface area contributed by atoms with Gasteiger partial charge in [-0.05, 0) is 17.7 Å². The number of thiazole rings is 1. The van der Waals surface area contributed by atoms with Crippen molar-refractivity contribution in [3.8, 4) is 6.07 Å². The van der Waals surface area contributed by atoms with E-state index in [1.165, 1.54) is 11.3 Å². The van der Waals surface area contributed by atoms with Crippen molar-refractivity contribution in [2.24, 2.45) is 0 Å². The standard InChI is InChI=1S/C12H10ClN3S/c13-12-16-8-11(17-12)7-15-10-3-1-9(2-4-10)5-6-14/h1-4,8,15H,5,7H2. The minimum atomic E-state index is 0.449. The van der Waals surface area contributed by atoms with Crippen molar-refractivity contribution in [3.63, 3.8) is 0 Å². The third-order valence-corrected chi connectivity index (χ3v) is 3.34. The van der Waals surface area contributed by atoms with Gasteiger partial charge < -0.3 is 5.32 Å². The molecule has 0 aliphatic heterocycles. The first-order valence-corrected chi connectivity index (χ1v) is 6.27. The van der Waals surface area contributed by atoms with Gasteiger partial charge in [0.2, 0.25) is 0 Å². The van der Waals surface area contributed by atoms with Gasteiger partial charge in [-0.3, -0.25) is 0 Å². The smallest absolute Gasteiger partial charge is 0.183 e. The molecule has 1 aromatic heterocycles. The lowest BCUT2D eigenvalue weighted by atomic mass is 10.1. The molecule has 2 aromatic rings. The Morgan fingerprint density at radius 1 is 1.35 bits per heavy atom. The molecule has 1 aromatic carbocycles. The second-order valence-corrected chi connectivity index (χ2v) is 5.16. The van der Waals surface area contributed by atoms with Crippen molar-refractivity contribution in [1.82, 2.24) is 4.98 Å². The molecular formula is C12H10ClN3S. The van der Waals surface area contributed by atoms with Crippen molar-refractivity contribution in [1.29, 1.82) is 5.26 Å². The predicted octanol–water partition coefficient (Wildman–Crippen LogP) is 3.47. The molecule has 0 saturated carbocycles. The maximum atomic E-state index is 8.56. The Morgan fingerprint density at radius 3 is 2.71 bits per heavy atom. The molecule has 1 heterocycles. The number of nitrogens with one attached hydrogen (secondary N) is 1. The number of rotatable bonds is 4. The zero-order chi connectivity index (χ0) is 12.1. The summed E-state index contributed by atoms with van der Waals surface area (Å²) in [7, 11) is 0. The van der Waals surface area contributed by atoms with E-state index in [0.29, 0.717) is 17.4 Å². The fourth-order valence-corrected chi connectivity index (χ4v) is 2.30. The van der Waals surface area contributed by atoms with E-state index in [1.807, 2.05) is 24.3 Å². The van der Waals surface area contributed by atoms with Gasteiger partial charge in [0.1, 0.15) is 0 Å². The Bertz CT molecular complexity index is 527. The monoisotopic (exact) mass is 263 g/mol. The van der Waals surface area contributed by atoms with Gasteiger partial charge >= 0.3 is 0 Å². The molecule has 0 aliphatic carbocycles. The number of benzene rings is 1. The second kappa shape index (κ2) is 5.67. The second-order valence-electron chi connectivity index (χ2n) is 3.46. The minimum Gasteiger partial charge on any atom is -0.380 e. The zero-order valence-electron chi connectivity index (χ0n) is 8.98. The van der Waals surface area contributed by atoms with Gasteiger partial charge in [-0.1, -0.05) is 23.7 Å². The van der Waals surface area contributed by atoms with Crippen LogP contribution in [0.25, 0.3) is 0 Å². The molecule has 2 rings (SSSR count). The molecule has 0 unspecified atom stereocenters. The summed E-state index contributed by atoms with van der Waals surface area (Å²) < 4.78 is 0.561. The number of aromatic nitrogens is 1. The normalized spacial score (nSPS) is 9.88. The summed E-state index contributed by atoms with van der Waals surface area (Å²) in [5.41, 5.74) is 2.05. The molecule has 0 fully saturated rings. The Labute approximate surface area is 109 Å². The molecule has 5 heteroatoms. The maximum Gasteiger partial charge on any atom is 0.183 e. The molecule has 3 nitrogen and oxygen atoms in total.